The molecule has 4 nitrogen and oxygen atoms in total. The van der Waals surface area contributed by atoms with Crippen LogP contribution in [-0.2, 0) is 21.7 Å². The Morgan fingerprint density at radius 1 is 0.130 bits per heavy atom. The van der Waals surface area contributed by atoms with Gasteiger partial charge >= 0.3 is 0 Å². The van der Waals surface area contributed by atoms with Gasteiger partial charge in [0.1, 0.15) is 23.0 Å². The van der Waals surface area contributed by atoms with Gasteiger partial charge in [-0.1, -0.05) is 315 Å². The summed E-state index contributed by atoms with van der Waals surface area (Å²) in [5, 5.41) is 42.0. The van der Waals surface area contributed by atoms with Crippen LogP contribution in [0.3, 0.4) is 0 Å². The van der Waals surface area contributed by atoms with E-state index in [0.717, 1.165) is 89.0 Å². The Bertz CT molecular complexity index is 2960. The van der Waals surface area contributed by atoms with Gasteiger partial charge in [0, 0.05) is 66.2 Å². The molecule has 77 heavy (non-hydrogen) atoms. The number of benzene rings is 12. The SMILES string of the molecule is Oc1c(-c2ccccc2)cccc1-c1ccccc1.Oc1c(-c2ccccc2)cccc1-c1ccccc1.Oc1c(-c2ccccc2)cccc1-c1ccccc1.Oc1c(-c2ccccc2)cccc1-c1ccccc1.[Ti]. The van der Waals surface area contributed by atoms with Gasteiger partial charge in [-0.15, -0.1) is 0 Å². The van der Waals surface area contributed by atoms with Gasteiger partial charge in [-0.05, 0) is 44.5 Å². The standard InChI is InChI=1S/4C18H14O.Ti/c4*19-18-16(14-8-3-1-4-9-14)12-7-13-17(18)15-10-5-2-6-11-15;/h4*1-13,19H;. The fourth-order valence-electron chi connectivity index (χ4n) is 8.98. The molecule has 12 rings (SSSR count). The summed E-state index contributed by atoms with van der Waals surface area (Å²) in [6.45, 7) is 0. The normalized spacial score (nSPS) is 10.2. The maximum Gasteiger partial charge on any atom is 0.131 e. The van der Waals surface area contributed by atoms with Crippen molar-refractivity contribution in [3.8, 4) is 112 Å². The van der Waals surface area contributed by atoms with Crippen molar-refractivity contribution in [3.63, 3.8) is 0 Å². The Kier molecular flexibility index (Phi) is 19.0. The van der Waals surface area contributed by atoms with Gasteiger partial charge in [0.25, 0.3) is 0 Å². The quantitative estimate of drug-likeness (QED) is 0.114. The van der Waals surface area contributed by atoms with E-state index in [1.165, 1.54) is 0 Å². The zero-order valence-electron chi connectivity index (χ0n) is 42.3. The molecule has 0 aliphatic heterocycles. The van der Waals surface area contributed by atoms with Crippen molar-refractivity contribution in [1.82, 2.24) is 0 Å². The molecule has 0 saturated heterocycles. The van der Waals surface area contributed by atoms with Crippen LogP contribution >= 0.6 is 0 Å². The van der Waals surface area contributed by atoms with Crippen LogP contribution in [0, 0.1) is 0 Å². The van der Waals surface area contributed by atoms with E-state index < -0.39 is 0 Å². The van der Waals surface area contributed by atoms with E-state index in [9.17, 15) is 20.4 Å². The first-order valence-electron chi connectivity index (χ1n) is 25.2. The molecule has 0 amide bonds. The van der Waals surface area contributed by atoms with Crippen molar-refractivity contribution in [3.05, 3.63) is 315 Å². The Morgan fingerprint density at radius 2 is 0.234 bits per heavy atom. The third-order valence-corrected chi connectivity index (χ3v) is 12.8. The Hall–Kier alpha value is -9.45. The van der Waals surface area contributed by atoms with Gasteiger partial charge in [-0.25, -0.2) is 0 Å². The zero-order chi connectivity index (χ0) is 52.3. The topological polar surface area (TPSA) is 80.9 Å². The van der Waals surface area contributed by atoms with E-state index in [0.29, 0.717) is 23.0 Å². The zero-order valence-corrected chi connectivity index (χ0v) is 43.9. The van der Waals surface area contributed by atoms with Crippen LogP contribution < -0.4 is 0 Å². The van der Waals surface area contributed by atoms with Gasteiger partial charge in [0.2, 0.25) is 0 Å². The summed E-state index contributed by atoms with van der Waals surface area (Å²) in [7, 11) is 0. The van der Waals surface area contributed by atoms with Gasteiger partial charge in [0.05, 0.1) is 0 Å². The minimum atomic E-state index is 0. The van der Waals surface area contributed by atoms with Gasteiger partial charge in [0.15, 0.2) is 0 Å². The summed E-state index contributed by atoms with van der Waals surface area (Å²) < 4.78 is 0. The van der Waals surface area contributed by atoms with Crippen molar-refractivity contribution >= 4 is 0 Å². The number of rotatable bonds is 8. The number of phenolic OH excluding ortho intramolecular Hbond substituents is 4. The molecule has 0 radical (unpaired) electrons. The molecule has 0 aliphatic carbocycles. The summed E-state index contributed by atoms with van der Waals surface area (Å²) >= 11 is 0. The Labute approximate surface area is 466 Å². The molecule has 0 fully saturated rings. The summed E-state index contributed by atoms with van der Waals surface area (Å²) in [5.41, 5.74) is 15.1. The van der Waals surface area contributed by atoms with Crippen LogP contribution in [0.1, 0.15) is 0 Å². The van der Waals surface area contributed by atoms with Crippen LogP contribution in [-0.4, -0.2) is 20.4 Å². The van der Waals surface area contributed by atoms with E-state index in [4.69, 9.17) is 0 Å². The van der Waals surface area contributed by atoms with E-state index in [2.05, 4.69) is 0 Å². The molecule has 0 unspecified atom stereocenters. The molecule has 0 saturated carbocycles. The molecule has 0 aliphatic rings. The summed E-state index contributed by atoms with van der Waals surface area (Å²) in [6.07, 6.45) is 0. The summed E-state index contributed by atoms with van der Waals surface area (Å²) in [4.78, 5) is 0. The number of hydrogen-bond donors (Lipinski definition) is 4. The molecule has 0 atom stereocenters. The molecule has 372 valence electrons. The summed E-state index contributed by atoms with van der Waals surface area (Å²) in [6, 6.07) is 103. The van der Waals surface area contributed by atoms with E-state index in [1.807, 2.05) is 315 Å². The van der Waals surface area contributed by atoms with Crippen molar-refractivity contribution in [1.29, 1.82) is 0 Å². The molecule has 5 heteroatoms. The first kappa shape index (κ1) is 53.8. The first-order valence-corrected chi connectivity index (χ1v) is 25.2. The second kappa shape index (κ2) is 27.2. The minimum Gasteiger partial charge on any atom is -0.507 e. The summed E-state index contributed by atoms with van der Waals surface area (Å²) in [5.74, 6) is 1.33. The third kappa shape index (κ3) is 13.6. The molecular formula is C72H56O4Ti. The van der Waals surface area contributed by atoms with Crippen molar-refractivity contribution in [2.75, 3.05) is 0 Å². The molecular weight excluding hydrogens is 977 g/mol. The largest absolute Gasteiger partial charge is 0.507 e. The fraction of sp³-hybridized carbons (Fsp3) is 0. The van der Waals surface area contributed by atoms with Crippen LogP contribution in [0.4, 0.5) is 0 Å². The monoisotopic (exact) mass is 1030 g/mol. The van der Waals surface area contributed by atoms with Crippen LogP contribution in [0.25, 0.3) is 89.0 Å². The van der Waals surface area contributed by atoms with Crippen molar-refractivity contribution in [2.45, 2.75) is 0 Å². The average molecular weight is 1030 g/mol. The second-order valence-corrected chi connectivity index (χ2v) is 17.7. The van der Waals surface area contributed by atoms with Gasteiger partial charge in [-0.2, -0.15) is 0 Å². The van der Waals surface area contributed by atoms with Crippen LogP contribution in [0.2, 0.25) is 0 Å². The fourth-order valence-corrected chi connectivity index (χ4v) is 8.98. The molecule has 0 bridgehead atoms. The van der Waals surface area contributed by atoms with E-state index in [1.54, 1.807) is 0 Å². The van der Waals surface area contributed by atoms with Gasteiger partial charge < -0.3 is 20.4 Å². The Balaban J connectivity index is 0.000000135. The molecule has 0 spiro atoms. The van der Waals surface area contributed by atoms with Crippen LogP contribution in [0.5, 0.6) is 23.0 Å². The molecule has 12 aromatic rings. The second-order valence-electron chi connectivity index (χ2n) is 17.7. The smallest absolute Gasteiger partial charge is 0.131 e. The number of phenols is 4. The van der Waals surface area contributed by atoms with Gasteiger partial charge in [-0.3, -0.25) is 0 Å². The predicted octanol–water partition coefficient (Wildman–Crippen LogP) is 18.9. The minimum absolute atomic E-state index is 0. The Morgan fingerprint density at radius 3 is 0.338 bits per heavy atom. The number of para-hydroxylation sites is 4. The molecule has 0 aromatic heterocycles. The maximum atomic E-state index is 10.5. The maximum absolute atomic E-state index is 10.5. The molecule has 0 heterocycles. The van der Waals surface area contributed by atoms with Crippen molar-refractivity contribution in [2.24, 2.45) is 0 Å². The predicted molar refractivity (Wildman–Crippen MR) is 316 cm³/mol. The molecule has 4 N–H and O–H groups in total. The van der Waals surface area contributed by atoms with Crippen LogP contribution in [0.15, 0.2) is 315 Å². The third-order valence-electron chi connectivity index (χ3n) is 12.8. The average Bonchev–Trinajstić information content (AvgIpc) is 3.50. The van der Waals surface area contributed by atoms with Crippen molar-refractivity contribution < 1.29 is 42.1 Å². The molecule has 12 aromatic carbocycles. The van der Waals surface area contributed by atoms with E-state index >= 15 is 0 Å². The number of aromatic hydroxyl groups is 4. The number of hydrogen-bond acceptors (Lipinski definition) is 4. The first-order chi connectivity index (χ1) is 37.4. The van der Waals surface area contributed by atoms with E-state index in [-0.39, 0.29) is 21.7 Å².